The number of aliphatic hydroxyl groups is 1. The smallest absolute Gasteiger partial charge is 0.0702 e. The predicted octanol–water partition coefficient (Wildman–Crippen LogP) is 3.94. The zero-order valence-corrected chi connectivity index (χ0v) is 14.3. The third-order valence-electron chi connectivity index (χ3n) is 4.85. The van der Waals surface area contributed by atoms with Crippen LogP contribution in [0.5, 0.6) is 0 Å². The van der Waals surface area contributed by atoms with Gasteiger partial charge in [0.25, 0.3) is 0 Å². The molecule has 1 aliphatic carbocycles. The molecule has 2 nitrogen and oxygen atoms in total. The molecule has 120 valence electrons. The van der Waals surface area contributed by atoms with Gasteiger partial charge in [-0.25, -0.2) is 0 Å². The minimum absolute atomic E-state index is 0.257. The second-order valence-electron chi connectivity index (χ2n) is 7.26. The first-order valence-electron chi connectivity index (χ1n) is 8.20. The molecule has 2 atom stereocenters. The van der Waals surface area contributed by atoms with E-state index < -0.39 is 6.10 Å². The Bertz CT molecular complexity index is 583. The minimum Gasteiger partial charge on any atom is -0.391 e. The van der Waals surface area contributed by atoms with Crippen molar-refractivity contribution in [2.45, 2.75) is 46.6 Å². The largest absolute Gasteiger partial charge is 0.391 e. The molecule has 0 radical (unpaired) electrons. The van der Waals surface area contributed by atoms with Crippen molar-refractivity contribution >= 4 is 6.08 Å². The van der Waals surface area contributed by atoms with Gasteiger partial charge in [-0.3, -0.25) is 0 Å². The Morgan fingerprint density at radius 3 is 2.68 bits per heavy atom. The van der Waals surface area contributed by atoms with Crippen LogP contribution in [-0.4, -0.2) is 17.8 Å². The van der Waals surface area contributed by atoms with Gasteiger partial charge in [0, 0.05) is 6.54 Å². The van der Waals surface area contributed by atoms with Crippen LogP contribution in [0.1, 0.15) is 45.2 Å². The summed E-state index contributed by atoms with van der Waals surface area (Å²) in [7, 11) is 0. The third-order valence-corrected chi connectivity index (χ3v) is 4.85. The fourth-order valence-electron chi connectivity index (χ4n) is 3.54. The minimum atomic E-state index is -0.459. The van der Waals surface area contributed by atoms with E-state index in [0.717, 1.165) is 5.56 Å². The van der Waals surface area contributed by atoms with Crippen molar-refractivity contribution < 1.29 is 5.11 Å². The SMILES string of the molecule is CC1=C(/C=C/c2cccc(CC(O)CN)c2)C(C)(C)CC1C. The van der Waals surface area contributed by atoms with Gasteiger partial charge in [-0.15, -0.1) is 0 Å². The standard InChI is InChI=1S/C20H29NO/c1-14-12-20(3,4)19(15(14)2)9-8-16-6-5-7-17(10-16)11-18(22)13-21/h5-10,14,18,22H,11-13,21H2,1-4H3/b9-8+. The molecule has 0 heterocycles. The van der Waals surface area contributed by atoms with E-state index >= 15 is 0 Å². The van der Waals surface area contributed by atoms with Crippen LogP contribution in [0.2, 0.25) is 0 Å². The van der Waals surface area contributed by atoms with Crippen LogP contribution in [0.25, 0.3) is 6.08 Å². The first-order valence-corrected chi connectivity index (χ1v) is 8.20. The second kappa shape index (κ2) is 6.80. The lowest BCUT2D eigenvalue weighted by Gasteiger charge is -2.20. The maximum absolute atomic E-state index is 9.69. The topological polar surface area (TPSA) is 46.2 Å². The van der Waals surface area contributed by atoms with E-state index in [9.17, 15) is 5.11 Å². The third kappa shape index (κ3) is 3.88. The number of rotatable bonds is 5. The second-order valence-corrected chi connectivity index (χ2v) is 7.26. The molecule has 0 aromatic heterocycles. The van der Waals surface area contributed by atoms with Crippen LogP contribution >= 0.6 is 0 Å². The number of nitrogens with two attached hydrogens (primary N) is 1. The highest BCUT2D eigenvalue weighted by atomic mass is 16.3. The van der Waals surface area contributed by atoms with Crippen molar-refractivity contribution in [1.82, 2.24) is 0 Å². The lowest BCUT2D eigenvalue weighted by Crippen LogP contribution is -2.21. The van der Waals surface area contributed by atoms with Gasteiger partial charge in [0.1, 0.15) is 0 Å². The molecule has 0 amide bonds. The summed E-state index contributed by atoms with van der Waals surface area (Å²) in [6, 6.07) is 8.33. The Kier molecular flexibility index (Phi) is 5.25. The van der Waals surface area contributed by atoms with Crippen LogP contribution in [0, 0.1) is 11.3 Å². The Labute approximate surface area is 134 Å². The maximum atomic E-state index is 9.69. The summed E-state index contributed by atoms with van der Waals surface area (Å²) in [6.07, 6.45) is 5.84. The van der Waals surface area contributed by atoms with Crippen LogP contribution in [0.3, 0.4) is 0 Å². The van der Waals surface area contributed by atoms with Crippen molar-refractivity contribution in [3.8, 4) is 0 Å². The Hall–Kier alpha value is -1.38. The van der Waals surface area contributed by atoms with E-state index in [2.05, 4.69) is 52.0 Å². The van der Waals surface area contributed by atoms with Crippen LogP contribution in [0.15, 0.2) is 41.5 Å². The molecule has 2 heteroatoms. The lowest BCUT2D eigenvalue weighted by atomic mass is 9.84. The number of hydrogen-bond donors (Lipinski definition) is 2. The molecule has 3 N–H and O–H groups in total. The average Bonchev–Trinajstić information content (AvgIpc) is 2.65. The molecule has 2 unspecified atom stereocenters. The lowest BCUT2D eigenvalue weighted by molar-refractivity contribution is 0.183. The highest BCUT2D eigenvalue weighted by molar-refractivity contribution is 5.56. The molecule has 22 heavy (non-hydrogen) atoms. The normalized spacial score (nSPS) is 22.5. The van der Waals surface area contributed by atoms with E-state index in [4.69, 9.17) is 5.73 Å². The molecule has 1 aliphatic rings. The van der Waals surface area contributed by atoms with Crippen molar-refractivity contribution in [2.75, 3.05) is 6.54 Å². The molecule has 0 spiro atoms. The van der Waals surface area contributed by atoms with Gasteiger partial charge in [-0.1, -0.05) is 62.8 Å². The van der Waals surface area contributed by atoms with Crippen LogP contribution < -0.4 is 5.73 Å². The summed E-state index contributed by atoms with van der Waals surface area (Å²) in [4.78, 5) is 0. The van der Waals surface area contributed by atoms with E-state index in [0.29, 0.717) is 18.9 Å². The summed E-state index contributed by atoms with van der Waals surface area (Å²) in [6.45, 7) is 9.53. The van der Waals surface area contributed by atoms with Gasteiger partial charge in [-0.05, 0) is 47.8 Å². The Morgan fingerprint density at radius 1 is 1.36 bits per heavy atom. The molecular weight excluding hydrogens is 270 g/mol. The summed E-state index contributed by atoms with van der Waals surface area (Å²) < 4.78 is 0. The quantitative estimate of drug-likeness (QED) is 0.865. The summed E-state index contributed by atoms with van der Waals surface area (Å²) >= 11 is 0. The van der Waals surface area contributed by atoms with Crippen molar-refractivity contribution in [3.05, 3.63) is 52.6 Å². The molecule has 1 aromatic rings. The zero-order chi connectivity index (χ0) is 16.3. The van der Waals surface area contributed by atoms with Crippen LogP contribution in [0.4, 0.5) is 0 Å². The van der Waals surface area contributed by atoms with Gasteiger partial charge in [0.2, 0.25) is 0 Å². The summed E-state index contributed by atoms with van der Waals surface area (Å²) in [5, 5.41) is 9.69. The van der Waals surface area contributed by atoms with Gasteiger partial charge in [0.05, 0.1) is 6.10 Å². The van der Waals surface area contributed by atoms with Gasteiger partial charge in [0.15, 0.2) is 0 Å². The number of aliphatic hydroxyl groups excluding tert-OH is 1. The number of hydrogen-bond acceptors (Lipinski definition) is 2. The fourth-order valence-corrected chi connectivity index (χ4v) is 3.54. The Morgan fingerprint density at radius 2 is 2.09 bits per heavy atom. The highest BCUT2D eigenvalue weighted by Crippen LogP contribution is 2.46. The van der Waals surface area contributed by atoms with Crippen molar-refractivity contribution in [1.29, 1.82) is 0 Å². The van der Waals surface area contributed by atoms with Crippen molar-refractivity contribution in [3.63, 3.8) is 0 Å². The van der Waals surface area contributed by atoms with E-state index in [1.165, 1.54) is 23.1 Å². The first-order chi connectivity index (χ1) is 10.3. The maximum Gasteiger partial charge on any atom is 0.0702 e. The predicted molar refractivity (Wildman–Crippen MR) is 94.5 cm³/mol. The Balaban J connectivity index is 2.19. The average molecular weight is 299 g/mol. The van der Waals surface area contributed by atoms with Crippen LogP contribution in [-0.2, 0) is 6.42 Å². The van der Waals surface area contributed by atoms with E-state index in [1.807, 2.05) is 12.1 Å². The fraction of sp³-hybridized carbons (Fsp3) is 0.500. The molecular formula is C20H29NO. The molecule has 0 saturated heterocycles. The molecule has 0 aliphatic heterocycles. The summed E-state index contributed by atoms with van der Waals surface area (Å²) in [5.74, 6) is 0.667. The van der Waals surface area contributed by atoms with Gasteiger partial charge in [-0.2, -0.15) is 0 Å². The highest BCUT2D eigenvalue weighted by Gasteiger charge is 2.33. The van der Waals surface area contributed by atoms with E-state index in [-0.39, 0.29) is 5.41 Å². The van der Waals surface area contributed by atoms with Crippen molar-refractivity contribution in [2.24, 2.45) is 17.1 Å². The zero-order valence-electron chi connectivity index (χ0n) is 14.3. The number of allylic oxidation sites excluding steroid dienone is 3. The summed E-state index contributed by atoms with van der Waals surface area (Å²) in [5.41, 5.74) is 11.0. The van der Waals surface area contributed by atoms with E-state index in [1.54, 1.807) is 0 Å². The molecule has 2 rings (SSSR count). The first kappa shape index (κ1) is 17.0. The molecule has 0 bridgehead atoms. The number of benzene rings is 1. The molecule has 1 aromatic carbocycles. The molecule has 0 saturated carbocycles. The monoisotopic (exact) mass is 299 g/mol. The van der Waals surface area contributed by atoms with Gasteiger partial charge >= 0.3 is 0 Å². The van der Waals surface area contributed by atoms with Gasteiger partial charge < -0.3 is 10.8 Å². The molecule has 0 fully saturated rings.